The molecule has 2 aromatic heterocycles. The third-order valence-corrected chi connectivity index (χ3v) is 6.43. The molecule has 1 aliphatic rings. The molecular weight excluding hydrogens is 449 g/mol. The molecule has 1 N–H and O–H groups in total. The van der Waals surface area contributed by atoms with E-state index in [0.29, 0.717) is 10.0 Å². The predicted octanol–water partition coefficient (Wildman–Crippen LogP) is 5.59. The second-order valence-electron chi connectivity index (χ2n) is 9.36. The lowest BCUT2D eigenvalue weighted by Crippen LogP contribution is -2.54. The van der Waals surface area contributed by atoms with Gasteiger partial charge >= 0.3 is 6.09 Å². The van der Waals surface area contributed by atoms with Crippen molar-refractivity contribution in [2.45, 2.75) is 51.7 Å². The molecule has 7 nitrogen and oxygen atoms in total. The Balaban J connectivity index is 1.54. The maximum absolute atomic E-state index is 12.3. The van der Waals surface area contributed by atoms with E-state index < -0.39 is 5.60 Å². The molecule has 1 aromatic carbocycles. The van der Waals surface area contributed by atoms with Crippen LogP contribution in [0.15, 0.2) is 36.8 Å². The minimum atomic E-state index is -0.523. The number of nitrogens with zero attached hydrogens (tertiary/aromatic N) is 4. The van der Waals surface area contributed by atoms with E-state index in [4.69, 9.17) is 27.9 Å². The fourth-order valence-electron chi connectivity index (χ4n) is 3.92. The molecule has 1 aliphatic heterocycles. The van der Waals surface area contributed by atoms with Gasteiger partial charge in [-0.05, 0) is 46.6 Å². The maximum atomic E-state index is 12.3. The van der Waals surface area contributed by atoms with Crippen LogP contribution < -0.4 is 10.2 Å². The first-order valence-corrected chi connectivity index (χ1v) is 11.3. The van der Waals surface area contributed by atoms with Gasteiger partial charge in [-0.1, -0.05) is 35.3 Å². The number of carbonyl (C=O) groups excluding carboxylic acids is 1. The summed E-state index contributed by atoms with van der Waals surface area (Å²) in [7, 11) is 0. The highest BCUT2D eigenvalue weighted by molar-refractivity contribution is 6.43. The number of nitrogens with one attached hydrogen (secondary N) is 1. The number of hydrogen-bond acceptors (Lipinski definition) is 5. The van der Waals surface area contributed by atoms with Crippen molar-refractivity contribution in [1.29, 1.82) is 0 Å². The first kappa shape index (κ1) is 22.7. The van der Waals surface area contributed by atoms with E-state index in [1.54, 1.807) is 18.5 Å². The van der Waals surface area contributed by atoms with Crippen molar-refractivity contribution in [2.75, 3.05) is 18.0 Å². The van der Waals surface area contributed by atoms with Gasteiger partial charge in [-0.25, -0.2) is 14.8 Å². The van der Waals surface area contributed by atoms with Crippen molar-refractivity contribution >= 4 is 40.8 Å². The second kappa shape index (κ2) is 8.45. The zero-order chi connectivity index (χ0) is 23.1. The number of amides is 1. The molecule has 1 saturated heterocycles. The lowest BCUT2D eigenvalue weighted by molar-refractivity contribution is 0.0448. The van der Waals surface area contributed by atoms with Crippen LogP contribution in [-0.2, 0) is 4.74 Å². The van der Waals surface area contributed by atoms with Gasteiger partial charge in [-0.15, -0.1) is 0 Å². The minimum absolute atomic E-state index is 0.335. The number of aromatic nitrogens is 3. The molecule has 0 unspecified atom stereocenters. The van der Waals surface area contributed by atoms with Gasteiger partial charge in [0.05, 0.1) is 21.9 Å². The topological polar surface area (TPSA) is 71.8 Å². The van der Waals surface area contributed by atoms with Gasteiger partial charge < -0.3 is 15.0 Å². The van der Waals surface area contributed by atoms with Crippen LogP contribution in [0.4, 0.5) is 10.6 Å². The molecule has 3 heterocycles. The Morgan fingerprint density at radius 2 is 1.91 bits per heavy atom. The molecule has 0 spiro atoms. The minimum Gasteiger partial charge on any atom is -0.444 e. The van der Waals surface area contributed by atoms with Crippen LogP contribution in [0.2, 0.25) is 10.0 Å². The lowest BCUT2D eigenvalue weighted by atomic mass is 9.90. The number of benzene rings is 1. The average molecular weight is 476 g/mol. The first-order valence-electron chi connectivity index (χ1n) is 10.6. The van der Waals surface area contributed by atoms with E-state index >= 15 is 0 Å². The van der Waals surface area contributed by atoms with Crippen LogP contribution >= 0.6 is 23.2 Å². The highest BCUT2D eigenvalue weighted by Crippen LogP contribution is 2.35. The molecule has 3 aromatic rings. The van der Waals surface area contributed by atoms with Crippen LogP contribution in [0, 0.1) is 0 Å². The van der Waals surface area contributed by atoms with Crippen LogP contribution in [0.1, 0.15) is 40.5 Å². The average Bonchev–Trinajstić information content (AvgIpc) is 3.13. The molecule has 0 aliphatic carbocycles. The Hall–Kier alpha value is -2.51. The zero-order valence-electron chi connectivity index (χ0n) is 18.7. The first-order chi connectivity index (χ1) is 15.1. The number of hydrogen-bond donors (Lipinski definition) is 1. The molecule has 0 saturated carbocycles. The standard InChI is InChI=1S/C23H27Cl2N5O2/c1-22(2,3)32-21(31)28-23(4)8-11-29(12-9-23)19-20-27-14-17(30(20)13-10-26-19)15-6-5-7-16(24)18(15)25/h5-7,10,13-14H,8-9,11-12H2,1-4H3,(H,28,31). The van der Waals surface area contributed by atoms with Crippen molar-refractivity contribution in [3.8, 4) is 11.3 Å². The number of imidazole rings is 1. The van der Waals surface area contributed by atoms with E-state index in [-0.39, 0.29) is 11.6 Å². The van der Waals surface area contributed by atoms with Crippen molar-refractivity contribution in [3.05, 3.63) is 46.8 Å². The monoisotopic (exact) mass is 475 g/mol. The largest absolute Gasteiger partial charge is 0.444 e. The van der Waals surface area contributed by atoms with Gasteiger partial charge in [0.25, 0.3) is 0 Å². The smallest absolute Gasteiger partial charge is 0.408 e. The summed E-state index contributed by atoms with van der Waals surface area (Å²) in [5.74, 6) is 0.802. The zero-order valence-corrected chi connectivity index (χ0v) is 20.2. The summed E-state index contributed by atoms with van der Waals surface area (Å²) in [6.45, 7) is 9.10. The van der Waals surface area contributed by atoms with E-state index in [1.807, 2.05) is 43.5 Å². The summed E-state index contributed by atoms with van der Waals surface area (Å²) < 4.78 is 7.41. The van der Waals surface area contributed by atoms with Gasteiger partial charge in [0.15, 0.2) is 11.5 Å². The van der Waals surface area contributed by atoms with Crippen molar-refractivity contribution in [3.63, 3.8) is 0 Å². The molecule has 0 bridgehead atoms. The quantitative estimate of drug-likeness (QED) is 0.534. The summed E-state index contributed by atoms with van der Waals surface area (Å²) in [5.41, 5.74) is 1.56. The summed E-state index contributed by atoms with van der Waals surface area (Å²) in [6.07, 6.45) is 6.57. The summed E-state index contributed by atoms with van der Waals surface area (Å²) >= 11 is 12.7. The summed E-state index contributed by atoms with van der Waals surface area (Å²) in [5, 5.41) is 4.04. The molecule has 9 heteroatoms. The Morgan fingerprint density at radius 1 is 1.19 bits per heavy atom. The van der Waals surface area contributed by atoms with Crippen LogP contribution in [0.3, 0.4) is 0 Å². The maximum Gasteiger partial charge on any atom is 0.408 e. The molecule has 32 heavy (non-hydrogen) atoms. The SMILES string of the molecule is CC1(NC(=O)OC(C)(C)C)CCN(c2nccn3c(-c4cccc(Cl)c4Cl)cnc23)CC1. The van der Waals surface area contributed by atoms with Crippen molar-refractivity contribution in [2.24, 2.45) is 0 Å². The third kappa shape index (κ3) is 4.64. The molecule has 0 radical (unpaired) electrons. The van der Waals surface area contributed by atoms with Crippen LogP contribution in [-0.4, -0.2) is 44.7 Å². The highest BCUT2D eigenvalue weighted by Gasteiger charge is 2.34. The molecule has 1 fully saturated rings. The number of ether oxygens (including phenoxy) is 1. The Kier molecular flexibility index (Phi) is 5.98. The molecule has 170 valence electrons. The predicted molar refractivity (Wildman–Crippen MR) is 128 cm³/mol. The third-order valence-electron chi connectivity index (χ3n) is 5.61. The number of fused-ring (bicyclic) bond motifs is 1. The summed E-state index contributed by atoms with van der Waals surface area (Å²) in [4.78, 5) is 23.7. The van der Waals surface area contributed by atoms with Gasteiger partial charge in [-0.2, -0.15) is 0 Å². The van der Waals surface area contributed by atoms with Crippen LogP contribution in [0.5, 0.6) is 0 Å². The Bertz CT molecular complexity index is 1150. The number of halogens is 2. The fraction of sp³-hybridized carbons (Fsp3) is 0.435. The van der Waals surface area contributed by atoms with Gasteiger partial charge in [0.1, 0.15) is 5.60 Å². The Labute approximate surface area is 197 Å². The van der Waals surface area contributed by atoms with E-state index in [0.717, 1.165) is 48.7 Å². The van der Waals surface area contributed by atoms with Crippen molar-refractivity contribution in [1.82, 2.24) is 19.7 Å². The van der Waals surface area contributed by atoms with Gasteiger partial charge in [0, 0.05) is 36.6 Å². The lowest BCUT2D eigenvalue weighted by Gasteiger charge is -2.40. The number of alkyl carbamates (subject to hydrolysis) is 1. The molecule has 0 atom stereocenters. The number of piperidine rings is 1. The van der Waals surface area contributed by atoms with E-state index in [9.17, 15) is 4.79 Å². The Morgan fingerprint density at radius 3 is 2.59 bits per heavy atom. The number of carbonyl (C=O) groups is 1. The number of anilines is 1. The van der Waals surface area contributed by atoms with Gasteiger partial charge in [0.2, 0.25) is 0 Å². The fourth-order valence-corrected chi connectivity index (χ4v) is 4.31. The number of rotatable bonds is 3. The summed E-state index contributed by atoms with van der Waals surface area (Å²) in [6, 6.07) is 5.56. The molecule has 1 amide bonds. The normalized spacial score (nSPS) is 16.2. The van der Waals surface area contributed by atoms with E-state index in [2.05, 4.69) is 27.1 Å². The van der Waals surface area contributed by atoms with Gasteiger partial charge in [-0.3, -0.25) is 4.40 Å². The molecule has 4 rings (SSSR count). The molecular formula is C23H27Cl2N5O2. The van der Waals surface area contributed by atoms with Crippen LogP contribution in [0.25, 0.3) is 16.9 Å². The highest BCUT2D eigenvalue weighted by atomic mass is 35.5. The van der Waals surface area contributed by atoms with E-state index in [1.165, 1.54) is 0 Å². The second-order valence-corrected chi connectivity index (χ2v) is 10.1. The van der Waals surface area contributed by atoms with Crippen molar-refractivity contribution < 1.29 is 9.53 Å².